The van der Waals surface area contributed by atoms with Crippen LogP contribution in [0, 0.1) is 23.7 Å². The third-order valence-electron chi connectivity index (χ3n) is 4.81. The van der Waals surface area contributed by atoms with Crippen LogP contribution in [0.2, 0.25) is 0 Å². The normalized spacial score (nSPS) is 26.5. The van der Waals surface area contributed by atoms with Gasteiger partial charge in [-0.25, -0.2) is 8.42 Å². The zero-order valence-electron chi connectivity index (χ0n) is 14.3. The quantitative estimate of drug-likeness (QED) is 0.644. The van der Waals surface area contributed by atoms with Crippen LogP contribution in [0.3, 0.4) is 0 Å². The molecule has 1 aromatic carbocycles. The van der Waals surface area contributed by atoms with Gasteiger partial charge in [-0.05, 0) is 36.5 Å². The Balaban J connectivity index is 1.82. The summed E-state index contributed by atoms with van der Waals surface area (Å²) in [6.45, 7) is 0. The van der Waals surface area contributed by atoms with Crippen LogP contribution in [0.1, 0.15) is 6.42 Å². The molecule has 140 valence electrons. The smallest absolute Gasteiger partial charge is 0.307 e. The number of hydrogen-bond acceptors (Lipinski definition) is 5. The molecule has 4 atom stereocenters. The van der Waals surface area contributed by atoms with E-state index in [9.17, 15) is 23.1 Å². The number of anilines is 2. The first kappa shape index (κ1) is 18.2. The molecule has 2 bridgehead atoms. The predicted octanol–water partition coefficient (Wildman–Crippen LogP) is 1.53. The van der Waals surface area contributed by atoms with Gasteiger partial charge >= 0.3 is 5.97 Å². The number of rotatable bonds is 6. The number of hydrogen-bond donors (Lipinski definition) is 3. The van der Waals surface area contributed by atoms with E-state index in [1.807, 2.05) is 12.2 Å². The van der Waals surface area contributed by atoms with Gasteiger partial charge in [-0.15, -0.1) is 0 Å². The van der Waals surface area contributed by atoms with E-state index in [1.165, 1.54) is 19.2 Å². The van der Waals surface area contributed by atoms with E-state index >= 15 is 0 Å². The first-order valence-electron chi connectivity index (χ1n) is 8.07. The van der Waals surface area contributed by atoms with Crippen LogP contribution >= 0.6 is 0 Å². The zero-order chi connectivity index (χ0) is 19.1. The van der Waals surface area contributed by atoms with E-state index in [1.54, 1.807) is 6.07 Å². The highest BCUT2D eigenvalue weighted by molar-refractivity contribution is 7.92. The third kappa shape index (κ3) is 3.52. The largest absolute Gasteiger partial charge is 0.495 e. The lowest BCUT2D eigenvalue weighted by Crippen LogP contribution is -2.36. The van der Waals surface area contributed by atoms with E-state index in [0.29, 0.717) is 17.9 Å². The van der Waals surface area contributed by atoms with Crippen LogP contribution in [0.15, 0.2) is 30.4 Å². The summed E-state index contributed by atoms with van der Waals surface area (Å²) in [7, 11) is -2.12. The van der Waals surface area contributed by atoms with Gasteiger partial charge in [-0.2, -0.15) is 0 Å². The molecule has 1 fully saturated rings. The predicted molar refractivity (Wildman–Crippen MR) is 95.4 cm³/mol. The average molecular weight is 380 g/mol. The molecule has 0 aromatic heterocycles. The van der Waals surface area contributed by atoms with E-state index in [-0.39, 0.29) is 23.4 Å². The summed E-state index contributed by atoms with van der Waals surface area (Å²) in [5.41, 5.74) is 0.549. The topological polar surface area (TPSA) is 122 Å². The van der Waals surface area contributed by atoms with Crippen molar-refractivity contribution in [2.24, 2.45) is 23.7 Å². The molecule has 1 amide bonds. The van der Waals surface area contributed by atoms with Gasteiger partial charge in [0, 0.05) is 5.69 Å². The monoisotopic (exact) mass is 380 g/mol. The molecule has 3 N–H and O–H groups in total. The Labute approximate surface area is 151 Å². The van der Waals surface area contributed by atoms with Gasteiger partial charge in [0.2, 0.25) is 15.9 Å². The summed E-state index contributed by atoms with van der Waals surface area (Å²) in [5.74, 6) is -2.65. The van der Waals surface area contributed by atoms with Gasteiger partial charge in [0.25, 0.3) is 0 Å². The van der Waals surface area contributed by atoms with Gasteiger partial charge in [0.05, 0.1) is 30.9 Å². The van der Waals surface area contributed by atoms with E-state index < -0.39 is 27.8 Å². The number of carboxylic acids is 1. The highest BCUT2D eigenvalue weighted by Crippen LogP contribution is 2.48. The molecule has 2 aliphatic rings. The second kappa shape index (κ2) is 6.64. The third-order valence-corrected chi connectivity index (χ3v) is 5.40. The lowest BCUT2D eigenvalue weighted by molar-refractivity contribution is -0.146. The van der Waals surface area contributed by atoms with Crippen molar-refractivity contribution in [3.63, 3.8) is 0 Å². The first-order valence-corrected chi connectivity index (χ1v) is 9.96. The zero-order valence-corrected chi connectivity index (χ0v) is 15.1. The fraction of sp³-hybridized carbons (Fsp3) is 0.412. The number of benzene rings is 1. The molecule has 0 spiro atoms. The number of methoxy groups -OCH3 is 1. The molecule has 3 rings (SSSR count). The number of carbonyl (C=O) groups is 2. The Bertz CT molecular complexity index is 879. The summed E-state index contributed by atoms with van der Waals surface area (Å²) >= 11 is 0. The second-order valence-corrected chi connectivity index (χ2v) is 8.37. The number of fused-ring (bicyclic) bond motifs is 2. The van der Waals surface area contributed by atoms with Crippen molar-refractivity contribution in [1.82, 2.24) is 0 Å². The molecule has 8 nitrogen and oxygen atoms in total. The number of ether oxygens (including phenoxy) is 1. The van der Waals surface area contributed by atoms with E-state index in [0.717, 1.165) is 6.26 Å². The summed E-state index contributed by atoms with van der Waals surface area (Å²) in [5, 5.41) is 12.2. The van der Waals surface area contributed by atoms with Crippen LogP contribution in [0.4, 0.5) is 11.4 Å². The molecule has 26 heavy (non-hydrogen) atoms. The van der Waals surface area contributed by atoms with Crippen molar-refractivity contribution in [3.8, 4) is 5.75 Å². The highest BCUT2D eigenvalue weighted by atomic mass is 32.2. The fourth-order valence-corrected chi connectivity index (χ4v) is 4.37. The molecule has 0 aliphatic heterocycles. The number of aliphatic carboxylic acids is 1. The van der Waals surface area contributed by atoms with Crippen molar-refractivity contribution in [2.75, 3.05) is 23.4 Å². The van der Waals surface area contributed by atoms with Crippen molar-refractivity contribution in [2.45, 2.75) is 6.42 Å². The molecule has 0 saturated heterocycles. The van der Waals surface area contributed by atoms with E-state index in [2.05, 4.69) is 10.0 Å². The molecule has 1 saturated carbocycles. The first-order chi connectivity index (χ1) is 12.2. The van der Waals surface area contributed by atoms with Gasteiger partial charge in [0.15, 0.2) is 0 Å². The molecule has 0 radical (unpaired) electrons. The molecule has 0 unspecified atom stereocenters. The van der Waals surface area contributed by atoms with Crippen molar-refractivity contribution in [3.05, 3.63) is 30.4 Å². The lowest BCUT2D eigenvalue weighted by Gasteiger charge is -2.24. The Morgan fingerprint density at radius 2 is 1.85 bits per heavy atom. The Morgan fingerprint density at radius 1 is 1.19 bits per heavy atom. The average Bonchev–Trinajstić information content (AvgIpc) is 3.14. The fourth-order valence-electron chi connectivity index (χ4n) is 3.81. The minimum absolute atomic E-state index is 0.0898. The standard InChI is InChI=1S/C17H20N2O6S/c1-25-13-6-5-11(8-12(13)19-26(2,23)24)18-16(20)14-9-3-4-10(7-9)15(14)17(21)22/h3-6,8-10,14-15,19H,7H2,1-2H3,(H,18,20)(H,21,22)/t9-,10-,14+,15+/m0/s1. The highest BCUT2D eigenvalue weighted by Gasteiger charge is 2.51. The van der Waals surface area contributed by atoms with Gasteiger partial charge in [-0.1, -0.05) is 12.2 Å². The molecule has 2 aliphatic carbocycles. The number of sulfonamides is 1. The van der Waals surface area contributed by atoms with Crippen molar-refractivity contribution >= 4 is 33.3 Å². The SMILES string of the molecule is COc1ccc(NC(=O)[C@H]2[C@H](C(=O)O)[C@H]3C=C[C@H]2C3)cc1NS(C)(=O)=O. The second-order valence-electron chi connectivity index (χ2n) is 6.62. The summed E-state index contributed by atoms with van der Waals surface area (Å²) < 4.78 is 30.4. The minimum Gasteiger partial charge on any atom is -0.495 e. The number of amides is 1. The lowest BCUT2D eigenvalue weighted by atomic mass is 9.82. The maximum Gasteiger partial charge on any atom is 0.307 e. The maximum absolute atomic E-state index is 12.7. The van der Waals surface area contributed by atoms with Gasteiger partial charge < -0.3 is 15.2 Å². The number of carboxylic acid groups (broad SMARTS) is 1. The number of allylic oxidation sites excluding steroid dienone is 2. The molecule has 9 heteroatoms. The van der Waals surface area contributed by atoms with Crippen LogP contribution in [-0.4, -0.2) is 38.8 Å². The van der Waals surface area contributed by atoms with Crippen LogP contribution in [0.25, 0.3) is 0 Å². The molecule has 0 heterocycles. The maximum atomic E-state index is 12.7. The van der Waals surface area contributed by atoms with E-state index in [4.69, 9.17) is 4.74 Å². The Kier molecular flexibility index (Phi) is 4.66. The Hall–Kier alpha value is -2.55. The number of carbonyl (C=O) groups excluding carboxylic acids is 1. The van der Waals surface area contributed by atoms with Crippen LogP contribution in [-0.2, 0) is 19.6 Å². The number of nitrogens with one attached hydrogen (secondary N) is 2. The molecular weight excluding hydrogens is 360 g/mol. The Morgan fingerprint density at radius 3 is 2.42 bits per heavy atom. The summed E-state index contributed by atoms with van der Waals surface area (Å²) in [6, 6.07) is 4.54. The van der Waals surface area contributed by atoms with Gasteiger partial charge in [0.1, 0.15) is 5.75 Å². The minimum atomic E-state index is -3.53. The van der Waals surface area contributed by atoms with Crippen molar-refractivity contribution < 1.29 is 27.9 Å². The van der Waals surface area contributed by atoms with Crippen molar-refractivity contribution in [1.29, 1.82) is 0 Å². The summed E-state index contributed by atoms with van der Waals surface area (Å²) in [6.07, 6.45) is 5.45. The summed E-state index contributed by atoms with van der Waals surface area (Å²) in [4.78, 5) is 24.2. The van der Waals surface area contributed by atoms with Crippen LogP contribution < -0.4 is 14.8 Å². The molecular formula is C17H20N2O6S. The van der Waals surface area contributed by atoms with Crippen LogP contribution in [0.5, 0.6) is 5.75 Å². The molecule has 1 aromatic rings. The van der Waals surface area contributed by atoms with Gasteiger partial charge in [-0.3, -0.25) is 14.3 Å².